The lowest BCUT2D eigenvalue weighted by Crippen LogP contribution is -2.39. The Bertz CT molecular complexity index is 1110. The van der Waals surface area contributed by atoms with Crippen LogP contribution in [-0.2, 0) is 11.2 Å². The van der Waals surface area contributed by atoms with Crippen molar-refractivity contribution in [2.45, 2.75) is 39.2 Å². The van der Waals surface area contributed by atoms with Crippen molar-refractivity contribution >= 4 is 11.7 Å². The number of nitrogens with one attached hydrogen (secondary N) is 1. The lowest BCUT2D eigenvalue weighted by atomic mass is 9.93. The van der Waals surface area contributed by atoms with Crippen LogP contribution in [0.2, 0.25) is 0 Å². The van der Waals surface area contributed by atoms with Crippen molar-refractivity contribution < 1.29 is 18.7 Å². The fourth-order valence-electron chi connectivity index (χ4n) is 5.28. The van der Waals surface area contributed by atoms with E-state index in [1.165, 1.54) is 19.1 Å². The van der Waals surface area contributed by atoms with E-state index < -0.39 is 0 Å². The summed E-state index contributed by atoms with van der Waals surface area (Å²) < 4.78 is 20.9. The van der Waals surface area contributed by atoms with Crippen LogP contribution in [0.15, 0.2) is 42.5 Å². The molecule has 1 amide bonds. The van der Waals surface area contributed by atoms with Crippen LogP contribution in [0, 0.1) is 30.5 Å². The first-order valence-electron chi connectivity index (χ1n) is 11.0. The van der Waals surface area contributed by atoms with E-state index >= 15 is 0 Å². The van der Waals surface area contributed by atoms with Crippen LogP contribution in [-0.4, -0.2) is 24.3 Å². The lowest BCUT2D eigenvalue weighted by Gasteiger charge is -2.19. The second-order valence-electron chi connectivity index (χ2n) is 9.13. The Kier molecular flexibility index (Phi) is 4.92. The van der Waals surface area contributed by atoms with Gasteiger partial charge < -0.3 is 10.1 Å². The van der Waals surface area contributed by atoms with Gasteiger partial charge in [-0.2, -0.15) is 0 Å². The third-order valence-corrected chi connectivity index (χ3v) is 6.82. The van der Waals surface area contributed by atoms with Crippen molar-refractivity contribution in [1.29, 1.82) is 0 Å². The number of aryl methyl sites for hydroxylation is 1. The average Bonchev–Trinajstić information content (AvgIpc) is 3.47. The number of fused-ring (bicyclic) bond motifs is 3. The zero-order valence-electron chi connectivity index (χ0n) is 17.8. The van der Waals surface area contributed by atoms with E-state index in [0.29, 0.717) is 47.2 Å². The summed E-state index contributed by atoms with van der Waals surface area (Å²) in [6.07, 6.45) is 6.92. The Morgan fingerprint density at radius 2 is 1.97 bits per heavy atom. The summed E-state index contributed by atoms with van der Waals surface area (Å²) in [4.78, 5) is 24.5. The lowest BCUT2D eigenvalue weighted by molar-refractivity contribution is -0.126. The number of hydrogen-bond acceptors (Lipinski definition) is 3. The number of Topliss-reactive ketones (excluding diaryl/α,β-unsaturated/α-hetero) is 1. The van der Waals surface area contributed by atoms with E-state index in [9.17, 15) is 14.0 Å². The normalized spacial score (nSPS) is 25.4. The number of rotatable bonds is 5. The second kappa shape index (κ2) is 7.63. The molecule has 0 saturated heterocycles. The van der Waals surface area contributed by atoms with E-state index in [4.69, 9.17) is 4.74 Å². The third-order valence-electron chi connectivity index (χ3n) is 6.82. The first-order valence-corrected chi connectivity index (χ1v) is 11.0. The molecular formula is C26H26FNO3. The minimum Gasteiger partial charge on any atom is -0.487 e. The summed E-state index contributed by atoms with van der Waals surface area (Å²) in [5.41, 5.74) is 3.50. The van der Waals surface area contributed by atoms with Crippen molar-refractivity contribution in [3.63, 3.8) is 0 Å². The molecule has 1 heterocycles. The standard InChI is InChI=1S/C26H26FNO3/c1-14-7-19-11-20(13-28-26(30)21-10-16-3-4-18(21)9-16)31-25(19)23(8-14)22-12-17(15(2)29)5-6-24(22)27/h3-8,12,16,18,20-21H,9-11,13H2,1-2H3,(H,28,30)/t16-,18+,20?,21+/m1/s1. The van der Waals surface area contributed by atoms with Gasteiger partial charge in [0.25, 0.3) is 0 Å². The highest BCUT2D eigenvalue weighted by molar-refractivity contribution is 5.95. The topological polar surface area (TPSA) is 55.4 Å². The summed E-state index contributed by atoms with van der Waals surface area (Å²) in [5.74, 6) is 1.25. The van der Waals surface area contributed by atoms with Crippen molar-refractivity contribution in [3.05, 3.63) is 65.0 Å². The molecule has 4 nitrogen and oxygen atoms in total. The van der Waals surface area contributed by atoms with Crippen LogP contribution in [0.1, 0.15) is 41.3 Å². The summed E-state index contributed by atoms with van der Waals surface area (Å²) in [5, 5.41) is 3.08. The Labute approximate surface area is 181 Å². The molecule has 31 heavy (non-hydrogen) atoms. The third kappa shape index (κ3) is 3.67. The van der Waals surface area contributed by atoms with Gasteiger partial charge in [-0.25, -0.2) is 4.39 Å². The van der Waals surface area contributed by atoms with Gasteiger partial charge in [-0.05, 0) is 73.9 Å². The van der Waals surface area contributed by atoms with Crippen LogP contribution >= 0.6 is 0 Å². The van der Waals surface area contributed by atoms with Crippen molar-refractivity contribution in [3.8, 4) is 16.9 Å². The quantitative estimate of drug-likeness (QED) is 0.568. The van der Waals surface area contributed by atoms with Gasteiger partial charge in [0.1, 0.15) is 17.7 Å². The predicted octanol–water partition coefficient (Wildman–Crippen LogP) is 4.64. The van der Waals surface area contributed by atoms with Crippen molar-refractivity contribution in [2.75, 3.05) is 6.54 Å². The molecule has 0 aromatic heterocycles. The van der Waals surface area contributed by atoms with E-state index in [1.807, 2.05) is 19.1 Å². The van der Waals surface area contributed by atoms with Crippen LogP contribution < -0.4 is 10.1 Å². The molecule has 5 rings (SSSR count). The first kappa shape index (κ1) is 20.0. The number of carbonyl (C=O) groups is 2. The molecule has 2 aromatic carbocycles. The molecule has 1 saturated carbocycles. The molecule has 1 N–H and O–H groups in total. The predicted molar refractivity (Wildman–Crippen MR) is 117 cm³/mol. The highest BCUT2D eigenvalue weighted by Gasteiger charge is 2.40. The molecule has 3 aliphatic rings. The maximum absolute atomic E-state index is 14.7. The highest BCUT2D eigenvalue weighted by atomic mass is 19.1. The highest BCUT2D eigenvalue weighted by Crippen LogP contribution is 2.44. The van der Waals surface area contributed by atoms with Crippen molar-refractivity contribution in [1.82, 2.24) is 5.32 Å². The Morgan fingerprint density at radius 3 is 2.68 bits per heavy atom. The van der Waals surface area contributed by atoms with Gasteiger partial charge in [-0.3, -0.25) is 9.59 Å². The molecule has 1 fully saturated rings. The molecule has 2 aromatic rings. The molecule has 5 heteroatoms. The average molecular weight is 419 g/mol. The number of amides is 1. The first-order chi connectivity index (χ1) is 14.9. The van der Waals surface area contributed by atoms with Crippen LogP contribution in [0.25, 0.3) is 11.1 Å². The number of ketones is 1. The van der Waals surface area contributed by atoms with Gasteiger partial charge >= 0.3 is 0 Å². The van der Waals surface area contributed by atoms with Gasteiger partial charge in [0, 0.05) is 29.0 Å². The number of benzene rings is 2. The summed E-state index contributed by atoms with van der Waals surface area (Å²) in [7, 11) is 0. The smallest absolute Gasteiger partial charge is 0.223 e. The maximum Gasteiger partial charge on any atom is 0.223 e. The SMILES string of the molecule is CC(=O)c1ccc(F)c(-c2cc(C)cc3c2OC(CNC(=O)[C@H]2C[C@@H]4C=C[C@H]2C4)C3)c1. The molecule has 160 valence electrons. The molecule has 1 aliphatic heterocycles. The molecule has 1 unspecified atom stereocenters. The number of ether oxygens (including phenoxy) is 1. The van der Waals surface area contributed by atoms with Gasteiger partial charge in [0.2, 0.25) is 5.91 Å². The van der Waals surface area contributed by atoms with E-state index in [0.717, 1.165) is 24.0 Å². The molecule has 0 spiro atoms. The van der Waals surface area contributed by atoms with Gasteiger partial charge in [0.05, 0.1) is 6.54 Å². The number of halogens is 1. The molecule has 0 radical (unpaired) electrons. The van der Waals surface area contributed by atoms with E-state index in [2.05, 4.69) is 17.5 Å². The molecular weight excluding hydrogens is 393 g/mol. The second-order valence-corrected chi connectivity index (χ2v) is 9.13. The van der Waals surface area contributed by atoms with Gasteiger partial charge in [-0.15, -0.1) is 0 Å². The summed E-state index contributed by atoms with van der Waals surface area (Å²) in [6.45, 7) is 3.87. The fourth-order valence-corrected chi connectivity index (χ4v) is 5.28. The number of hydrogen-bond donors (Lipinski definition) is 1. The minimum atomic E-state index is -0.387. The fraction of sp³-hybridized carbons (Fsp3) is 0.385. The van der Waals surface area contributed by atoms with Gasteiger partial charge in [0.15, 0.2) is 5.78 Å². The van der Waals surface area contributed by atoms with E-state index in [1.54, 1.807) is 6.07 Å². The van der Waals surface area contributed by atoms with Gasteiger partial charge in [-0.1, -0.05) is 18.2 Å². The largest absolute Gasteiger partial charge is 0.487 e. The van der Waals surface area contributed by atoms with E-state index in [-0.39, 0.29) is 29.5 Å². The number of carbonyl (C=O) groups excluding carboxylic acids is 2. The molecule has 2 bridgehead atoms. The van der Waals surface area contributed by atoms with Crippen LogP contribution in [0.5, 0.6) is 5.75 Å². The zero-order chi connectivity index (χ0) is 21.7. The van der Waals surface area contributed by atoms with Crippen LogP contribution in [0.3, 0.4) is 0 Å². The molecule has 4 atom stereocenters. The Balaban J connectivity index is 1.34. The Hall–Kier alpha value is -2.95. The Morgan fingerprint density at radius 1 is 1.13 bits per heavy atom. The van der Waals surface area contributed by atoms with Crippen LogP contribution in [0.4, 0.5) is 4.39 Å². The number of allylic oxidation sites excluding steroid dienone is 2. The summed E-state index contributed by atoms with van der Waals surface area (Å²) in [6, 6.07) is 8.37. The van der Waals surface area contributed by atoms with Crippen molar-refractivity contribution in [2.24, 2.45) is 17.8 Å². The molecule has 2 aliphatic carbocycles. The maximum atomic E-state index is 14.7. The zero-order valence-corrected chi connectivity index (χ0v) is 17.8. The summed E-state index contributed by atoms with van der Waals surface area (Å²) >= 11 is 0. The monoisotopic (exact) mass is 419 g/mol. The minimum absolute atomic E-state index is 0.0694.